The molecule has 3 nitrogen and oxygen atoms in total. The number of rotatable bonds is 3. The van der Waals surface area contributed by atoms with Crippen molar-refractivity contribution >= 4 is 27.5 Å². The summed E-state index contributed by atoms with van der Waals surface area (Å²) in [5.41, 5.74) is 0.933. The third kappa shape index (κ3) is 2.80. The number of hydrogen-bond acceptors (Lipinski definition) is 3. The highest BCUT2D eigenvalue weighted by Crippen LogP contribution is 2.35. The van der Waals surface area contributed by atoms with Gasteiger partial charge in [0.1, 0.15) is 12.4 Å². The largest absolute Gasteiger partial charge is 0.489 e. The maximum Gasteiger partial charge on any atom is 0.231 e. The van der Waals surface area contributed by atoms with Gasteiger partial charge in [0, 0.05) is 21.1 Å². The quantitative estimate of drug-likeness (QED) is 0.827. The van der Waals surface area contributed by atoms with E-state index in [-0.39, 0.29) is 6.79 Å². The summed E-state index contributed by atoms with van der Waals surface area (Å²) in [6.07, 6.45) is 0. The number of halogens is 2. The van der Waals surface area contributed by atoms with Crippen LogP contribution in [0.2, 0.25) is 5.02 Å². The van der Waals surface area contributed by atoms with Crippen LogP contribution in [0.3, 0.4) is 0 Å². The van der Waals surface area contributed by atoms with Gasteiger partial charge < -0.3 is 14.2 Å². The fourth-order valence-corrected chi connectivity index (χ4v) is 2.49. The zero-order valence-corrected chi connectivity index (χ0v) is 12.2. The van der Waals surface area contributed by atoms with E-state index in [2.05, 4.69) is 15.9 Å². The second kappa shape index (κ2) is 5.31. The van der Waals surface area contributed by atoms with Crippen LogP contribution >= 0.6 is 27.5 Å². The minimum absolute atomic E-state index is 0.261. The summed E-state index contributed by atoms with van der Waals surface area (Å²) in [7, 11) is 0. The maximum atomic E-state index is 6.13. The summed E-state index contributed by atoms with van der Waals surface area (Å²) in [4.78, 5) is 0. The molecule has 2 aromatic carbocycles. The van der Waals surface area contributed by atoms with Crippen molar-refractivity contribution in [2.45, 2.75) is 6.61 Å². The zero-order chi connectivity index (χ0) is 13.2. The molecule has 3 rings (SSSR count). The van der Waals surface area contributed by atoms with Gasteiger partial charge in [0.25, 0.3) is 0 Å². The van der Waals surface area contributed by atoms with Crippen molar-refractivity contribution in [1.82, 2.24) is 0 Å². The van der Waals surface area contributed by atoms with Gasteiger partial charge in [0.15, 0.2) is 11.5 Å². The van der Waals surface area contributed by atoms with Gasteiger partial charge in [0.05, 0.1) is 0 Å². The molecule has 0 N–H and O–H groups in total. The Morgan fingerprint density at radius 2 is 1.95 bits per heavy atom. The molecule has 0 spiro atoms. The lowest BCUT2D eigenvalue weighted by atomic mass is 10.2. The third-order valence-corrected chi connectivity index (χ3v) is 3.60. The molecule has 0 radical (unpaired) electrons. The molecule has 0 aliphatic carbocycles. The van der Waals surface area contributed by atoms with Crippen molar-refractivity contribution in [2.24, 2.45) is 0 Å². The number of ether oxygens (including phenoxy) is 3. The second-order valence-corrected chi connectivity index (χ2v) is 5.36. The molecule has 0 aromatic heterocycles. The SMILES string of the molecule is Clc1cc(Br)ccc1COc1ccc2c(c1)OCO2. The molecule has 0 amide bonds. The summed E-state index contributed by atoms with van der Waals surface area (Å²) in [6.45, 7) is 0.670. The summed E-state index contributed by atoms with van der Waals surface area (Å²) in [5, 5.41) is 0.676. The van der Waals surface area contributed by atoms with Crippen LogP contribution in [0, 0.1) is 0 Å². The van der Waals surface area contributed by atoms with E-state index in [9.17, 15) is 0 Å². The Hall–Kier alpha value is -1.39. The van der Waals surface area contributed by atoms with Gasteiger partial charge in [-0.3, -0.25) is 0 Å². The monoisotopic (exact) mass is 340 g/mol. The van der Waals surface area contributed by atoms with Crippen LogP contribution in [0.5, 0.6) is 17.2 Å². The van der Waals surface area contributed by atoms with Gasteiger partial charge in [-0.25, -0.2) is 0 Å². The van der Waals surface area contributed by atoms with Crippen LogP contribution in [-0.2, 0) is 6.61 Å². The third-order valence-electron chi connectivity index (χ3n) is 2.75. The maximum absolute atomic E-state index is 6.13. The number of fused-ring (bicyclic) bond motifs is 1. The molecule has 19 heavy (non-hydrogen) atoms. The smallest absolute Gasteiger partial charge is 0.231 e. The zero-order valence-electron chi connectivity index (χ0n) is 9.86. The van der Waals surface area contributed by atoms with Crippen molar-refractivity contribution in [2.75, 3.05) is 6.79 Å². The highest BCUT2D eigenvalue weighted by Gasteiger charge is 2.13. The Morgan fingerprint density at radius 1 is 1.11 bits per heavy atom. The van der Waals surface area contributed by atoms with Gasteiger partial charge in [-0.1, -0.05) is 33.6 Å². The molecule has 0 saturated carbocycles. The Morgan fingerprint density at radius 3 is 2.79 bits per heavy atom. The van der Waals surface area contributed by atoms with Crippen LogP contribution < -0.4 is 14.2 Å². The molecular weight excluding hydrogens is 332 g/mol. The first-order valence-corrected chi connectivity index (χ1v) is 6.86. The molecule has 0 saturated heterocycles. The summed E-state index contributed by atoms with van der Waals surface area (Å²) in [6, 6.07) is 11.2. The average molecular weight is 342 g/mol. The van der Waals surface area contributed by atoms with E-state index < -0.39 is 0 Å². The second-order valence-electron chi connectivity index (χ2n) is 4.04. The van der Waals surface area contributed by atoms with Crippen LogP contribution in [0.4, 0.5) is 0 Å². The predicted molar refractivity (Wildman–Crippen MR) is 76.0 cm³/mol. The Kier molecular flexibility index (Phi) is 3.53. The Bertz CT molecular complexity index is 616. The fourth-order valence-electron chi connectivity index (χ4n) is 1.77. The minimum atomic E-state index is 0.261. The molecule has 0 unspecified atom stereocenters. The average Bonchev–Trinajstić information content (AvgIpc) is 2.85. The van der Waals surface area contributed by atoms with Crippen molar-refractivity contribution < 1.29 is 14.2 Å². The number of benzene rings is 2. The van der Waals surface area contributed by atoms with Crippen LogP contribution in [-0.4, -0.2) is 6.79 Å². The van der Waals surface area contributed by atoms with Crippen molar-refractivity contribution in [3.63, 3.8) is 0 Å². The molecule has 2 aromatic rings. The predicted octanol–water partition coefficient (Wildman–Crippen LogP) is 4.41. The van der Waals surface area contributed by atoms with Gasteiger partial charge >= 0.3 is 0 Å². The van der Waals surface area contributed by atoms with E-state index in [0.29, 0.717) is 17.4 Å². The first kappa shape index (κ1) is 12.6. The molecule has 5 heteroatoms. The van der Waals surface area contributed by atoms with Gasteiger partial charge in [-0.2, -0.15) is 0 Å². The van der Waals surface area contributed by atoms with E-state index in [4.69, 9.17) is 25.8 Å². The summed E-state index contributed by atoms with van der Waals surface area (Å²) >= 11 is 9.51. The van der Waals surface area contributed by atoms with E-state index >= 15 is 0 Å². The van der Waals surface area contributed by atoms with Crippen LogP contribution in [0.1, 0.15) is 5.56 Å². The molecule has 1 heterocycles. The van der Waals surface area contributed by atoms with E-state index in [1.165, 1.54) is 0 Å². The molecule has 1 aliphatic rings. The first-order valence-electron chi connectivity index (χ1n) is 5.69. The van der Waals surface area contributed by atoms with E-state index in [1.54, 1.807) is 0 Å². The Balaban J connectivity index is 1.72. The lowest BCUT2D eigenvalue weighted by molar-refractivity contribution is 0.173. The lowest BCUT2D eigenvalue weighted by Crippen LogP contribution is -1.96. The lowest BCUT2D eigenvalue weighted by Gasteiger charge is -2.08. The van der Waals surface area contributed by atoms with Gasteiger partial charge in [-0.15, -0.1) is 0 Å². The molecule has 98 valence electrons. The van der Waals surface area contributed by atoms with Crippen molar-refractivity contribution in [1.29, 1.82) is 0 Å². The molecule has 0 fully saturated rings. The first-order chi connectivity index (χ1) is 9.22. The fraction of sp³-hybridized carbons (Fsp3) is 0.143. The van der Waals surface area contributed by atoms with Gasteiger partial charge in [0.2, 0.25) is 6.79 Å². The molecule has 0 bridgehead atoms. The topological polar surface area (TPSA) is 27.7 Å². The van der Waals surface area contributed by atoms with E-state index in [0.717, 1.165) is 21.5 Å². The minimum Gasteiger partial charge on any atom is -0.489 e. The highest BCUT2D eigenvalue weighted by molar-refractivity contribution is 9.10. The standard InChI is InChI=1S/C14H10BrClO3/c15-10-2-1-9(12(16)5-10)7-17-11-3-4-13-14(6-11)19-8-18-13/h1-6H,7-8H2. The van der Waals surface area contributed by atoms with Crippen molar-refractivity contribution in [3.8, 4) is 17.2 Å². The molecule has 0 atom stereocenters. The highest BCUT2D eigenvalue weighted by atomic mass is 79.9. The van der Waals surface area contributed by atoms with Crippen LogP contribution in [0.15, 0.2) is 40.9 Å². The van der Waals surface area contributed by atoms with E-state index in [1.807, 2.05) is 36.4 Å². The summed E-state index contributed by atoms with van der Waals surface area (Å²) < 4.78 is 17.2. The molecule has 1 aliphatic heterocycles. The summed E-state index contributed by atoms with van der Waals surface area (Å²) in [5.74, 6) is 2.18. The van der Waals surface area contributed by atoms with Crippen LogP contribution in [0.25, 0.3) is 0 Å². The van der Waals surface area contributed by atoms with Gasteiger partial charge in [-0.05, 0) is 24.3 Å². The normalized spacial score (nSPS) is 12.5. The number of hydrogen-bond donors (Lipinski definition) is 0. The van der Waals surface area contributed by atoms with Crippen molar-refractivity contribution in [3.05, 3.63) is 51.5 Å². The Labute approximate surface area is 124 Å². The molecular formula is C14H10BrClO3.